The van der Waals surface area contributed by atoms with Gasteiger partial charge in [0.1, 0.15) is 10.0 Å². The molecule has 0 bridgehead atoms. The number of carboxylic acids is 1. The van der Waals surface area contributed by atoms with Crippen molar-refractivity contribution < 1.29 is 111 Å². The molecule has 2 aliphatic heterocycles. The van der Waals surface area contributed by atoms with Crippen LogP contribution in [-0.2, 0) is 43.0 Å². The normalized spacial score (nSPS) is 18.6. The average molecular weight is 1470 g/mol. The minimum absolute atomic E-state index is 0.00140. The number of likely N-dealkylation sites (N-methyl/N-ethyl adjacent to an activating group) is 2. The van der Waals surface area contributed by atoms with E-state index in [2.05, 4.69) is 24.3 Å². The van der Waals surface area contributed by atoms with E-state index in [-0.39, 0.29) is 89.5 Å². The third kappa shape index (κ3) is 20.4. The summed E-state index contributed by atoms with van der Waals surface area (Å²) in [7, 11) is 7.24. The van der Waals surface area contributed by atoms with Crippen LogP contribution >= 0.6 is 22.7 Å². The van der Waals surface area contributed by atoms with Crippen LogP contribution in [0.25, 0.3) is 0 Å². The van der Waals surface area contributed by atoms with E-state index in [0.717, 1.165) is 80.7 Å². The Morgan fingerprint density at radius 3 is 1.13 bits per heavy atom. The predicted molar refractivity (Wildman–Crippen MR) is 347 cm³/mol. The van der Waals surface area contributed by atoms with E-state index in [1.165, 1.54) is 12.3 Å². The smallest absolute Gasteiger partial charge is 0.363 e. The number of carboxylic acid groups (broad SMARTS) is 1. The van der Waals surface area contributed by atoms with Gasteiger partial charge in [-0.15, -0.1) is 22.7 Å². The Labute approximate surface area is 582 Å². The van der Waals surface area contributed by atoms with Gasteiger partial charge in [-0.1, -0.05) is 68.2 Å². The fourth-order valence-corrected chi connectivity index (χ4v) is 13.6. The highest BCUT2D eigenvalue weighted by atomic mass is 32.1. The lowest BCUT2D eigenvalue weighted by Crippen LogP contribution is -2.50. The molecule has 2 amide bonds. The van der Waals surface area contributed by atoms with E-state index in [9.17, 15) is 92.2 Å². The topological polar surface area (TPSA) is 250 Å². The monoisotopic (exact) mass is 1470 g/mol. The van der Waals surface area contributed by atoms with Gasteiger partial charge in [0.15, 0.2) is 35.2 Å². The van der Waals surface area contributed by atoms with Crippen molar-refractivity contribution in [3.8, 4) is 11.5 Å². The van der Waals surface area contributed by atoms with Crippen LogP contribution in [0.5, 0.6) is 11.5 Å². The summed E-state index contributed by atoms with van der Waals surface area (Å²) in [6, 6.07) is -0.860. The molecule has 6 rings (SSSR count). The lowest BCUT2D eigenvalue weighted by molar-refractivity contribution is -0.151. The van der Waals surface area contributed by atoms with Crippen LogP contribution in [-0.4, -0.2) is 152 Å². The molecule has 0 aliphatic carbocycles. The summed E-state index contributed by atoms with van der Waals surface area (Å²) in [4.78, 5) is 129. The Morgan fingerprint density at radius 1 is 0.530 bits per heavy atom. The lowest BCUT2D eigenvalue weighted by atomic mass is 9.80. The van der Waals surface area contributed by atoms with Crippen molar-refractivity contribution >= 4 is 75.9 Å². The highest BCUT2D eigenvalue weighted by molar-refractivity contribution is 7.10. The molecule has 2 aromatic heterocycles. The summed E-state index contributed by atoms with van der Waals surface area (Å²) in [6.07, 6.45) is 3.47. The Hall–Kier alpha value is -7.45. The van der Waals surface area contributed by atoms with Crippen LogP contribution in [0.15, 0.2) is 10.8 Å². The number of hydrogen-bond acceptors (Lipinski definition) is 19. The number of Topliss-reactive ketones (excluding diaryl/α,β-unsaturated/α-hetero) is 2. The summed E-state index contributed by atoms with van der Waals surface area (Å²) in [5.41, 5.74) is -1.84. The Bertz CT molecular complexity index is 3580. The molecule has 0 unspecified atom stereocenters. The molecule has 1 N–H and O–H groups in total. The maximum absolute atomic E-state index is 14.1. The molecule has 0 spiro atoms. The number of benzene rings is 2. The van der Waals surface area contributed by atoms with E-state index in [1.807, 2.05) is 88.2 Å². The number of halogens is 10. The number of thiazole rings is 2. The number of amides is 2. The van der Waals surface area contributed by atoms with Gasteiger partial charge in [0.05, 0.1) is 11.1 Å². The highest BCUT2D eigenvalue weighted by Gasteiger charge is 2.46. The van der Waals surface area contributed by atoms with Crippen LogP contribution in [0, 0.1) is 93.7 Å². The third-order valence-electron chi connectivity index (χ3n) is 18.9. The molecule has 2 aromatic carbocycles. The first-order chi connectivity index (χ1) is 46.4. The van der Waals surface area contributed by atoms with Crippen molar-refractivity contribution in [3.63, 3.8) is 0 Å². The summed E-state index contributed by atoms with van der Waals surface area (Å²) >= 11 is 1.95. The second-order valence-electron chi connectivity index (χ2n) is 26.3. The SMILES string of the molecule is CC(=O)Oc1c(F)c(F)c(F)c(F)c1F.CC[C@H](C)[C@H](CC(=O)[C@@]1(C)CCCN1C)C(=O)N(C)[C@H](C[C@@H](OC(C)=O)c1nc(C(=O)O)cs1)C(C)C.CC[C@H](C)[C@H](CC(=O)[C@@]1(C)CCCN1C)C(=O)N(C)[C@H](C[C@@H](OC(C)=O)c1nc(C(=O)Oc2c(F)c(F)c(F)c(F)c2F)cs1)C(C)C. The van der Waals surface area contributed by atoms with Gasteiger partial charge < -0.3 is 33.9 Å². The van der Waals surface area contributed by atoms with E-state index >= 15 is 0 Å². The van der Waals surface area contributed by atoms with E-state index in [4.69, 9.17) is 9.47 Å². The molecule has 32 heteroatoms. The lowest BCUT2D eigenvalue weighted by Gasteiger charge is -2.38. The van der Waals surface area contributed by atoms with Crippen molar-refractivity contribution in [2.45, 2.75) is 190 Å². The molecule has 2 aliphatic rings. The number of aromatic nitrogens is 2. The predicted octanol–water partition coefficient (Wildman–Crippen LogP) is 13.4. The molecule has 2 fully saturated rings. The second-order valence-corrected chi connectivity index (χ2v) is 28.0. The fourth-order valence-electron chi connectivity index (χ4n) is 11.9. The van der Waals surface area contributed by atoms with Crippen LogP contribution in [0.1, 0.15) is 197 Å². The first-order valence-corrected chi connectivity index (χ1v) is 34.1. The van der Waals surface area contributed by atoms with Crippen molar-refractivity contribution in [1.82, 2.24) is 29.6 Å². The minimum atomic E-state index is -2.41. The zero-order valence-electron chi connectivity index (χ0n) is 58.9. The van der Waals surface area contributed by atoms with Crippen molar-refractivity contribution in [3.05, 3.63) is 90.3 Å². The highest BCUT2D eigenvalue weighted by Crippen LogP contribution is 2.39. The van der Waals surface area contributed by atoms with Crippen molar-refractivity contribution in [1.29, 1.82) is 0 Å². The van der Waals surface area contributed by atoms with Gasteiger partial charge in [0.2, 0.25) is 81.5 Å². The first kappa shape index (κ1) is 85.0. The number of rotatable bonds is 28. The minimum Gasteiger partial charge on any atom is -0.476 e. The van der Waals surface area contributed by atoms with Crippen LogP contribution in [0.3, 0.4) is 0 Å². The molecule has 10 atom stereocenters. The number of nitrogens with zero attached hydrogens (tertiary/aromatic N) is 6. The summed E-state index contributed by atoms with van der Waals surface area (Å²) < 4.78 is 151. The van der Waals surface area contributed by atoms with Crippen molar-refractivity contribution in [2.24, 2.45) is 35.5 Å². The Morgan fingerprint density at radius 2 is 0.850 bits per heavy atom. The summed E-state index contributed by atoms with van der Waals surface area (Å²) in [5, 5.41) is 12.2. The molecular formula is C68H88F10N6O14S2. The number of carbonyl (C=O) groups excluding carboxylic acids is 8. The van der Waals surface area contributed by atoms with Crippen LogP contribution in [0.2, 0.25) is 0 Å². The second kappa shape index (κ2) is 36.4. The first-order valence-electron chi connectivity index (χ1n) is 32.4. The average Bonchev–Trinajstić information content (AvgIpc) is 1.06. The molecule has 0 radical (unpaired) electrons. The van der Waals surface area contributed by atoms with Gasteiger partial charge in [-0.25, -0.2) is 45.9 Å². The number of ketones is 2. The Balaban J connectivity index is 0.000000359. The Kier molecular flexibility index (Phi) is 30.9. The summed E-state index contributed by atoms with van der Waals surface area (Å²) in [6.45, 7) is 24.4. The van der Waals surface area contributed by atoms with Gasteiger partial charge in [0.25, 0.3) is 0 Å². The quantitative estimate of drug-likeness (QED) is 0.0182. The van der Waals surface area contributed by atoms with Crippen LogP contribution < -0.4 is 9.47 Å². The van der Waals surface area contributed by atoms with Gasteiger partial charge in [-0.05, 0) is 90.4 Å². The molecule has 0 saturated carbocycles. The summed E-state index contributed by atoms with van der Waals surface area (Å²) in [5.74, 6) is -32.7. The largest absolute Gasteiger partial charge is 0.476 e. The number of aromatic carboxylic acids is 1. The van der Waals surface area contributed by atoms with E-state index < -0.39 is 146 Å². The zero-order chi connectivity index (χ0) is 76.1. The maximum atomic E-state index is 14.1. The third-order valence-corrected chi connectivity index (χ3v) is 20.7. The number of esters is 4. The van der Waals surface area contributed by atoms with Gasteiger partial charge in [-0.3, -0.25) is 43.4 Å². The molecular weight excluding hydrogens is 1380 g/mol. The molecule has 4 heterocycles. The van der Waals surface area contributed by atoms with Gasteiger partial charge >= 0.3 is 29.8 Å². The molecule has 100 heavy (non-hydrogen) atoms. The van der Waals surface area contributed by atoms with Crippen molar-refractivity contribution in [2.75, 3.05) is 41.3 Å². The number of ether oxygens (including phenoxy) is 4. The fraction of sp³-hybridized carbons (Fsp3) is 0.603. The van der Waals surface area contributed by atoms with Gasteiger partial charge in [-0.2, -0.15) is 17.6 Å². The van der Waals surface area contributed by atoms with Crippen LogP contribution in [0.4, 0.5) is 43.9 Å². The molecule has 556 valence electrons. The number of carbonyl (C=O) groups is 9. The number of likely N-dealkylation sites (tertiary alicyclic amines) is 2. The molecule has 2 saturated heterocycles. The molecule has 20 nitrogen and oxygen atoms in total. The molecule has 4 aromatic rings. The zero-order valence-corrected chi connectivity index (χ0v) is 60.6. The van der Waals surface area contributed by atoms with Gasteiger partial charge in [0, 0.05) is 95.2 Å². The maximum Gasteiger partial charge on any atom is 0.363 e. The standard InChI is InChI=1S/C33H42F5N3O6S.C27H43N3O6S.C8H3F5O2/c1-9-17(4)19(13-23(43)33(6)11-10-12-40(33)7)31(44)41(8)21(16(2)3)14-22(46-18(5)42)30-39-20(15-48-30)32(45)47-29-27(37)25(35)24(34)26(36)28(29)38;1-9-17(4)19(13-23(32)27(6)11-10-12-29(27)7)25(33)30(8)21(16(2)3)14-22(36-18(5)31)24-28-20(15-37-24)26(34)35;1-2(14)15-8-6(12)4(10)3(9)5(11)7(8)13/h15-17,19,21-22H,9-14H2,1-8H3;15-17,19,21-22H,9-14H2,1-8H3,(H,34,35);1H3/t17-,19-,21+,22+,33+;17-,19-,21+,22+,27+;/m00./s1. The van der Waals surface area contributed by atoms with E-state index in [1.54, 1.807) is 23.9 Å². The van der Waals surface area contributed by atoms with E-state index in [0.29, 0.717) is 17.8 Å². The number of hydrogen-bond donors (Lipinski definition) is 1.